The van der Waals surface area contributed by atoms with E-state index in [-0.39, 0.29) is 47.0 Å². The van der Waals surface area contributed by atoms with E-state index in [0.717, 1.165) is 114 Å². The number of aromatic nitrogens is 7. The van der Waals surface area contributed by atoms with Crippen LogP contribution >= 0.6 is 0 Å². The summed E-state index contributed by atoms with van der Waals surface area (Å²) in [5, 5.41) is 13.7. The molecule has 65 heavy (non-hydrogen) atoms. The molecule has 10 rings (SSSR count). The fourth-order valence-corrected chi connectivity index (χ4v) is 10.8. The molecule has 0 radical (unpaired) electrons. The molecule has 19 heteroatoms. The average Bonchev–Trinajstić information content (AvgIpc) is 4.00. The molecule has 7 heterocycles. The number of imidazole rings is 1. The Morgan fingerprint density at radius 2 is 1.86 bits per heavy atom. The van der Waals surface area contributed by atoms with Crippen LogP contribution in [-0.4, -0.2) is 114 Å². The van der Waals surface area contributed by atoms with Crippen LogP contribution in [0.5, 0.6) is 0 Å². The van der Waals surface area contributed by atoms with Crippen molar-refractivity contribution in [2.45, 2.75) is 114 Å². The normalized spacial score (nSPS) is 23.1. The molecule has 2 saturated carbocycles. The van der Waals surface area contributed by atoms with Crippen LogP contribution < -0.4 is 21.2 Å². The van der Waals surface area contributed by atoms with Gasteiger partial charge in [-0.15, -0.1) is 0 Å². The van der Waals surface area contributed by atoms with Crippen molar-refractivity contribution in [1.82, 2.24) is 43.7 Å². The van der Waals surface area contributed by atoms with Gasteiger partial charge in [0.1, 0.15) is 17.4 Å². The fraction of sp³-hybridized carbons (Fsp3) is 0.587. The number of imide groups is 1. The number of morpholine rings is 1. The minimum atomic E-state index is -2.86. The summed E-state index contributed by atoms with van der Waals surface area (Å²) in [6.45, 7) is 5.55. The van der Waals surface area contributed by atoms with E-state index in [1.54, 1.807) is 28.7 Å². The number of carbonyl (C=O) groups excluding carboxylic acids is 3. The molecule has 1 atom stereocenters. The van der Waals surface area contributed by atoms with E-state index >= 15 is 0 Å². The Balaban J connectivity index is 0.683. The predicted molar refractivity (Wildman–Crippen MR) is 236 cm³/mol. The lowest BCUT2D eigenvalue weighted by molar-refractivity contribution is -0.135. The smallest absolute Gasteiger partial charge is 0.329 e. The topological polar surface area (TPSA) is 175 Å². The maximum Gasteiger partial charge on any atom is 0.329 e. The third kappa shape index (κ3) is 8.69. The molecular formula is C46H57F2N11O6. The molecule has 1 unspecified atom stereocenters. The van der Waals surface area contributed by atoms with Gasteiger partial charge in [-0.1, -0.05) is 12.1 Å². The molecule has 3 saturated heterocycles. The van der Waals surface area contributed by atoms with E-state index in [2.05, 4.69) is 30.6 Å². The summed E-state index contributed by atoms with van der Waals surface area (Å²) in [5.74, 6) is -0.0901. The highest BCUT2D eigenvalue weighted by molar-refractivity contribution is 6.08. The number of anilines is 2. The van der Waals surface area contributed by atoms with Crippen LogP contribution in [0.15, 0.2) is 47.7 Å². The molecule has 346 valence electrons. The monoisotopic (exact) mass is 897 g/mol. The first-order valence-electron chi connectivity index (χ1n) is 23.3. The van der Waals surface area contributed by atoms with Crippen molar-refractivity contribution in [2.24, 2.45) is 13.0 Å². The van der Waals surface area contributed by atoms with Crippen LogP contribution in [0.3, 0.4) is 0 Å². The first-order chi connectivity index (χ1) is 31.5. The molecule has 2 aliphatic carbocycles. The molecule has 3 aliphatic heterocycles. The van der Waals surface area contributed by atoms with Gasteiger partial charge < -0.3 is 24.6 Å². The van der Waals surface area contributed by atoms with E-state index in [9.17, 15) is 28.0 Å². The number of nitrogens with zero attached hydrogens (tertiary/aromatic N) is 9. The second kappa shape index (κ2) is 18.0. The Kier molecular flexibility index (Phi) is 12.0. The highest BCUT2D eigenvalue weighted by atomic mass is 19.3. The SMILES string of the molecule is Cn1c(=O)n(C2CCC(=O)NC2=O)c2cccc(CCCOC3CCN(C[C@H]4CC[C@H](n5cc(NC(=O)c6cnn7ccc(N8CCOC9(CCC9)C8)nc67)c(C(F)F)n5)CC4)CC3)c21. The minimum absolute atomic E-state index is 0.00105. The Labute approximate surface area is 374 Å². The zero-order chi connectivity index (χ0) is 44.8. The number of ether oxygens (including phenoxy) is 2. The van der Waals surface area contributed by atoms with Crippen molar-refractivity contribution in [3.05, 3.63) is 70.2 Å². The summed E-state index contributed by atoms with van der Waals surface area (Å²) in [5.41, 5.74) is 2.24. The van der Waals surface area contributed by atoms with Crippen LogP contribution in [0.2, 0.25) is 0 Å². The number of benzene rings is 1. The summed E-state index contributed by atoms with van der Waals surface area (Å²) in [4.78, 5) is 60.8. The minimum Gasteiger partial charge on any atom is -0.378 e. The Bertz CT molecular complexity index is 2640. The van der Waals surface area contributed by atoms with Crippen molar-refractivity contribution in [1.29, 1.82) is 0 Å². The van der Waals surface area contributed by atoms with E-state index in [1.165, 1.54) is 15.3 Å². The molecule has 5 aliphatic rings. The predicted octanol–water partition coefficient (Wildman–Crippen LogP) is 5.35. The van der Waals surface area contributed by atoms with Crippen molar-refractivity contribution < 1.29 is 32.6 Å². The van der Waals surface area contributed by atoms with Gasteiger partial charge in [0.2, 0.25) is 11.8 Å². The molecule has 1 spiro atoms. The lowest BCUT2D eigenvalue weighted by atomic mass is 9.79. The van der Waals surface area contributed by atoms with Gasteiger partial charge in [0.15, 0.2) is 11.3 Å². The van der Waals surface area contributed by atoms with E-state index in [0.29, 0.717) is 43.3 Å². The summed E-state index contributed by atoms with van der Waals surface area (Å²) < 4.78 is 47.4. The van der Waals surface area contributed by atoms with Crippen molar-refractivity contribution >= 4 is 45.9 Å². The molecule has 5 fully saturated rings. The Morgan fingerprint density at radius 1 is 1.05 bits per heavy atom. The Morgan fingerprint density at radius 3 is 2.62 bits per heavy atom. The summed E-state index contributed by atoms with van der Waals surface area (Å²) >= 11 is 0. The number of para-hydroxylation sites is 1. The number of likely N-dealkylation sites (tertiary alicyclic amines) is 1. The first-order valence-corrected chi connectivity index (χ1v) is 23.3. The van der Waals surface area contributed by atoms with Gasteiger partial charge in [-0.25, -0.2) is 23.1 Å². The number of nitrogens with one attached hydrogen (secondary N) is 2. The molecule has 17 nitrogen and oxygen atoms in total. The second-order valence-corrected chi connectivity index (χ2v) is 18.7. The first kappa shape index (κ1) is 43.4. The third-order valence-electron chi connectivity index (χ3n) is 14.5. The molecule has 5 aromatic rings. The van der Waals surface area contributed by atoms with Gasteiger partial charge in [-0.3, -0.25) is 33.5 Å². The summed E-state index contributed by atoms with van der Waals surface area (Å²) in [7, 11) is 1.73. The van der Waals surface area contributed by atoms with Gasteiger partial charge >= 0.3 is 5.69 Å². The number of hydrogen-bond acceptors (Lipinski definition) is 11. The van der Waals surface area contributed by atoms with Crippen LogP contribution in [0.25, 0.3) is 16.7 Å². The van der Waals surface area contributed by atoms with Gasteiger partial charge in [-0.05, 0) is 101 Å². The highest BCUT2D eigenvalue weighted by Gasteiger charge is 2.42. The molecule has 2 N–H and O–H groups in total. The van der Waals surface area contributed by atoms with Crippen LogP contribution in [-0.2, 0) is 32.5 Å². The van der Waals surface area contributed by atoms with Crippen molar-refractivity contribution in [3.8, 4) is 0 Å². The molecule has 1 aromatic carbocycles. The zero-order valence-electron chi connectivity index (χ0n) is 36.8. The lowest BCUT2D eigenvalue weighted by Gasteiger charge is -2.48. The quantitative estimate of drug-likeness (QED) is 0.115. The van der Waals surface area contributed by atoms with Gasteiger partial charge in [0.05, 0.1) is 47.3 Å². The number of carbonyl (C=O) groups is 3. The number of rotatable bonds is 13. The van der Waals surface area contributed by atoms with Crippen LogP contribution in [0, 0.1) is 5.92 Å². The fourth-order valence-electron chi connectivity index (χ4n) is 10.8. The number of amides is 3. The highest BCUT2D eigenvalue weighted by Crippen LogP contribution is 2.40. The number of aryl methyl sites for hydroxylation is 2. The number of piperidine rings is 2. The Hall–Kier alpha value is -5.53. The second-order valence-electron chi connectivity index (χ2n) is 18.7. The number of fused-ring (bicyclic) bond motifs is 2. The van der Waals surface area contributed by atoms with Gasteiger partial charge in [0.25, 0.3) is 12.3 Å². The van der Waals surface area contributed by atoms with Gasteiger partial charge in [-0.2, -0.15) is 10.2 Å². The number of alkyl halides is 2. The lowest BCUT2D eigenvalue weighted by Crippen LogP contribution is -2.56. The van der Waals surface area contributed by atoms with E-state index in [4.69, 9.17) is 14.5 Å². The number of hydrogen-bond donors (Lipinski definition) is 2. The van der Waals surface area contributed by atoms with E-state index in [1.807, 2.05) is 24.3 Å². The summed E-state index contributed by atoms with van der Waals surface area (Å²) in [6, 6.07) is 6.91. The molecule has 4 aromatic heterocycles. The molecule has 3 amide bonds. The zero-order valence-corrected chi connectivity index (χ0v) is 36.8. The number of halogens is 2. The van der Waals surface area contributed by atoms with Crippen LogP contribution in [0.4, 0.5) is 20.3 Å². The maximum atomic E-state index is 14.4. The standard InChI is InChI=1S/C46H57F2N11O6/c1-54-40-30(5-2-7-35(40)59(45(54)63)36-12-13-38(60)52-44(36)62)6-3-23-64-32-14-19-55(20-15-32)26-29-8-10-31(11-9-29)58-27-34(39(53-58)41(47)48)50-43(61)33-25-49-57-21-16-37(51-42(33)57)56-22-24-65-46(28-56)17-4-18-46/h2,5,7,16,21,25,27,29,31-32,36,41H,3-4,6,8-15,17-20,22-24,26,28H2,1H3,(H,50,61)(H,52,60,62)/t29-,31-,36?. The molecule has 0 bridgehead atoms. The molecular weight excluding hydrogens is 841 g/mol. The van der Waals surface area contributed by atoms with E-state index < -0.39 is 30.0 Å². The van der Waals surface area contributed by atoms with Crippen LogP contribution in [0.1, 0.15) is 117 Å². The largest absolute Gasteiger partial charge is 0.378 e. The average molecular weight is 898 g/mol. The third-order valence-corrected chi connectivity index (χ3v) is 14.5. The maximum absolute atomic E-state index is 14.4. The van der Waals surface area contributed by atoms with Gasteiger partial charge in [0, 0.05) is 65.2 Å². The summed E-state index contributed by atoms with van der Waals surface area (Å²) in [6.07, 6.45) is 12.7. The van der Waals surface area contributed by atoms with Crippen molar-refractivity contribution in [2.75, 3.05) is 56.2 Å². The van der Waals surface area contributed by atoms with Crippen molar-refractivity contribution in [3.63, 3.8) is 0 Å².